The Bertz CT molecular complexity index is 919. The number of amides is 1. The first kappa shape index (κ1) is 18.1. The second kappa shape index (κ2) is 7.66. The molecule has 1 aromatic heterocycles. The van der Waals surface area contributed by atoms with Gasteiger partial charge < -0.3 is 4.74 Å². The van der Waals surface area contributed by atoms with Crippen molar-refractivity contribution in [3.63, 3.8) is 0 Å². The molecule has 134 valence electrons. The monoisotopic (exact) mass is 367 g/mol. The molecule has 1 amide bonds. The van der Waals surface area contributed by atoms with Gasteiger partial charge in [0.25, 0.3) is 5.91 Å². The minimum Gasteiger partial charge on any atom is -0.481 e. The molecule has 0 aliphatic heterocycles. The highest BCUT2D eigenvalue weighted by Gasteiger charge is 2.18. The van der Waals surface area contributed by atoms with E-state index < -0.39 is 6.10 Å². The summed E-state index contributed by atoms with van der Waals surface area (Å²) in [5, 5.41) is 12.2. The van der Waals surface area contributed by atoms with E-state index in [1.54, 1.807) is 6.92 Å². The Kier molecular flexibility index (Phi) is 5.32. The molecule has 2 aromatic carbocycles. The molecular formula is C20H21N3O2S. The number of benzene rings is 2. The van der Waals surface area contributed by atoms with Crippen LogP contribution in [0.4, 0.5) is 5.13 Å². The van der Waals surface area contributed by atoms with Crippen LogP contribution in [-0.2, 0) is 4.79 Å². The first-order valence-corrected chi connectivity index (χ1v) is 9.20. The van der Waals surface area contributed by atoms with Crippen molar-refractivity contribution in [2.75, 3.05) is 5.32 Å². The second-order valence-corrected chi connectivity index (χ2v) is 7.20. The standard InChI is InChI=1S/C20H21N3O2S/c1-12-8-10-16(11-9-12)19-22-23-20(26-19)21-18(24)15(4)25-17-7-5-6-13(2)14(17)3/h5-11,15H,1-4H3,(H,21,23,24). The van der Waals surface area contributed by atoms with E-state index in [4.69, 9.17) is 4.74 Å². The number of nitrogens with one attached hydrogen (secondary N) is 1. The molecule has 3 aromatic rings. The van der Waals surface area contributed by atoms with Gasteiger partial charge in [0, 0.05) is 5.56 Å². The average molecular weight is 367 g/mol. The van der Waals surface area contributed by atoms with E-state index in [2.05, 4.69) is 15.5 Å². The quantitative estimate of drug-likeness (QED) is 0.719. The molecule has 1 unspecified atom stereocenters. The minimum absolute atomic E-state index is 0.252. The van der Waals surface area contributed by atoms with Crippen molar-refractivity contribution in [2.24, 2.45) is 0 Å². The first-order valence-electron chi connectivity index (χ1n) is 8.38. The summed E-state index contributed by atoms with van der Waals surface area (Å²) in [6.07, 6.45) is -0.637. The van der Waals surface area contributed by atoms with Crippen LogP contribution in [0.2, 0.25) is 0 Å². The van der Waals surface area contributed by atoms with Crippen LogP contribution in [0, 0.1) is 20.8 Å². The lowest BCUT2D eigenvalue weighted by Gasteiger charge is -2.16. The van der Waals surface area contributed by atoms with Gasteiger partial charge in [-0.1, -0.05) is 53.3 Å². The maximum Gasteiger partial charge on any atom is 0.266 e. The molecule has 0 radical (unpaired) electrons. The van der Waals surface area contributed by atoms with Crippen molar-refractivity contribution < 1.29 is 9.53 Å². The molecule has 6 heteroatoms. The van der Waals surface area contributed by atoms with Crippen LogP contribution < -0.4 is 10.1 Å². The second-order valence-electron chi connectivity index (χ2n) is 6.23. The van der Waals surface area contributed by atoms with E-state index in [1.165, 1.54) is 16.9 Å². The fraction of sp³-hybridized carbons (Fsp3) is 0.250. The maximum atomic E-state index is 12.4. The number of carbonyl (C=O) groups is 1. The molecule has 0 aliphatic carbocycles. The van der Waals surface area contributed by atoms with Crippen LogP contribution >= 0.6 is 11.3 Å². The Hall–Kier alpha value is -2.73. The van der Waals surface area contributed by atoms with E-state index >= 15 is 0 Å². The number of aromatic nitrogens is 2. The molecule has 0 saturated heterocycles. The summed E-state index contributed by atoms with van der Waals surface area (Å²) in [5.74, 6) is 0.461. The Labute approximate surface area is 157 Å². The van der Waals surface area contributed by atoms with E-state index in [0.29, 0.717) is 10.9 Å². The minimum atomic E-state index is -0.637. The third kappa shape index (κ3) is 4.08. The van der Waals surface area contributed by atoms with E-state index in [1.807, 2.05) is 63.2 Å². The molecular weight excluding hydrogens is 346 g/mol. The van der Waals surface area contributed by atoms with Crippen molar-refractivity contribution in [2.45, 2.75) is 33.8 Å². The number of carbonyl (C=O) groups excluding carboxylic acids is 1. The predicted octanol–water partition coefficient (Wildman–Crippen LogP) is 4.54. The summed E-state index contributed by atoms with van der Waals surface area (Å²) in [4.78, 5) is 12.4. The van der Waals surface area contributed by atoms with Gasteiger partial charge in [0.15, 0.2) is 6.10 Å². The molecule has 0 bridgehead atoms. The van der Waals surface area contributed by atoms with E-state index in [0.717, 1.165) is 21.7 Å². The van der Waals surface area contributed by atoms with E-state index in [9.17, 15) is 4.79 Å². The largest absolute Gasteiger partial charge is 0.481 e. The molecule has 0 spiro atoms. The molecule has 1 atom stereocenters. The fourth-order valence-corrected chi connectivity index (χ4v) is 3.14. The van der Waals surface area contributed by atoms with Crippen molar-refractivity contribution >= 4 is 22.4 Å². The molecule has 26 heavy (non-hydrogen) atoms. The average Bonchev–Trinajstić information content (AvgIpc) is 3.08. The van der Waals surface area contributed by atoms with Crippen LogP contribution in [0.15, 0.2) is 42.5 Å². The molecule has 1 N–H and O–H groups in total. The fourth-order valence-electron chi connectivity index (χ4n) is 2.39. The van der Waals surface area contributed by atoms with Crippen molar-refractivity contribution in [3.05, 3.63) is 59.2 Å². The molecule has 1 heterocycles. The van der Waals surface area contributed by atoms with Crippen molar-refractivity contribution in [1.82, 2.24) is 10.2 Å². The van der Waals surface area contributed by atoms with Crippen molar-refractivity contribution in [1.29, 1.82) is 0 Å². The van der Waals surface area contributed by atoms with Gasteiger partial charge >= 0.3 is 0 Å². The van der Waals surface area contributed by atoms with Gasteiger partial charge in [0.2, 0.25) is 5.13 Å². The van der Waals surface area contributed by atoms with Gasteiger partial charge in [0.1, 0.15) is 10.8 Å². The lowest BCUT2D eigenvalue weighted by atomic mass is 10.1. The molecule has 0 fully saturated rings. The summed E-state index contributed by atoms with van der Waals surface area (Å²) in [6.45, 7) is 7.75. The number of nitrogens with zero attached hydrogens (tertiary/aromatic N) is 2. The van der Waals surface area contributed by atoms with Gasteiger partial charge in [-0.25, -0.2) is 0 Å². The zero-order chi connectivity index (χ0) is 18.7. The van der Waals surface area contributed by atoms with Crippen LogP contribution in [0.25, 0.3) is 10.6 Å². The lowest BCUT2D eigenvalue weighted by molar-refractivity contribution is -0.122. The lowest BCUT2D eigenvalue weighted by Crippen LogP contribution is -2.30. The number of hydrogen-bond donors (Lipinski definition) is 1. The number of aryl methyl sites for hydroxylation is 2. The van der Waals surface area contributed by atoms with Crippen molar-refractivity contribution in [3.8, 4) is 16.3 Å². The van der Waals surface area contributed by atoms with E-state index in [-0.39, 0.29) is 5.91 Å². The first-order chi connectivity index (χ1) is 12.4. The third-order valence-corrected chi connectivity index (χ3v) is 5.07. The summed E-state index contributed by atoms with van der Waals surface area (Å²) in [5.41, 5.74) is 4.32. The Balaban J connectivity index is 1.66. The summed E-state index contributed by atoms with van der Waals surface area (Å²) in [6, 6.07) is 13.8. The zero-order valence-electron chi connectivity index (χ0n) is 15.2. The zero-order valence-corrected chi connectivity index (χ0v) is 16.1. The molecule has 5 nitrogen and oxygen atoms in total. The Morgan fingerprint density at radius 2 is 1.81 bits per heavy atom. The van der Waals surface area contributed by atoms with Crippen LogP contribution in [0.5, 0.6) is 5.75 Å². The topological polar surface area (TPSA) is 64.1 Å². The van der Waals surface area contributed by atoms with Gasteiger partial charge in [0.05, 0.1) is 0 Å². The number of ether oxygens (including phenoxy) is 1. The molecule has 3 rings (SSSR count). The number of anilines is 1. The highest BCUT2D eigenvalue weighted by atomic mass is 32.1. The maximum absolute atomic E-state index is 12.4. The normalized spacial score (nSPS) is 11.8. The van der Waals surface area contributed by atoms with Crippen LogP contribution in [0.3, 0.4) is 0 Å². The van der Waals surface area contributed by atoms with Gasteiger partial charge in [-0.15, -0.1) is 10.2 Å². The molecule has 0 aliphatic rings. The summed E-state index contributed by atoms with van der Waals surface area (Å²) in [7, 11) is 0. The summed E-state index contributed by atoms with van der Waals surface area (Å²) < 4.78 is 5.81. The summed E-state index contributed by atoms with van der Waals surface area (Å²) >= 11 is 1.34. The SMILES string of the molecule is Cc1ccc(-c2nnc(NC(=O)C(C)Oc3cccc(C)c3C)s2)cc1. The smallest absolute Gasteiger partial charge is 0.266 e. The number of rotatable bonds is 5. The van der Waals surface area contributed by atoms with Gasteiger partial charge in [-0.2, -0.15) is 0 Å². The highest BCUT2D eigenvalue weighted by Crippen LogP contribution is 2.27. The van der Waals surface area contributed by atoms with Gasteiger partial charge in [-0.05, 0) is 44.9 Å². The Morgan fingerprint density at radius 1 is 1.08 bits per heavy atom. The van der Waals surface area contributed by atoms with Gasteiger partial charge in [-0.3, -0.25) is 10.1 Å². The molecule has 0 saturated carbocycles. The third-order valence-electron chi connectivity index (χ3n) is 4.18. The highest BCUT2D eigenvalue weighted by molar-refractivity contribution is 7.18. The number of hydrogen-bond acceptors (Lipinski definition) is 5. The van der Waals surface area contributed by atoms with Crippen LogP contribution in [-0.4, -0.2) is 22.2 Å². The van der Waals surface area contributed by atoms with Crippen LogP contribution in [0.1, 0.15) is 23.6 Å². The predicted molar refractivity (Wildman–Crippen MR) is 105 cm³/mol. The Morgan fingerprint density at radius 3 is 2.54 bits per heavy atom.